The summed E-state index contributed by atoms with van der Waals surface area (Å²) < 4.78 is 5.31. The van der Waals surface area contributed by atoms with E-state index in [1.807, 2.05) is 24.3 Å². The van der Waals surface area contributed by atoms with Gasteiger partial charge in [-0.05, 0) is 24.3 Å². The molecule has 108 valence electrons. The molecule has 0 spiro atoms. The molecule has 2 aliphatic carbocycles. The number of likely N-dealkylation sites (tertiary alicyclic amines) is 1. The third-order valence-corrected chi connectivity index (χ3v) is 5.08. The molecule has 1 saturated carbocycles. The summed E-state index contributed by atoms with van der Waals surface area (Å²) >= 11 is 0. The van der Waals surface area contributed by atoms with Crippen LogP contribution in [0.4, 0.5) is 0 Å². The SMILES string of the molecule is COc1ccccc1CN1C(=O)[C@@H]2[C@H](C1=O)[C@H]1C=C[C@H]2C1. The van der Waals surface area contributed by atoms with Crippen LogP contribution >= 0.6 is 0 Å². The number of hydrogen-bond acceptors (Lipinski definition) is 3. The summed E-state index contributed by atoms with van der Waals surface area (Å²) in [5.74, 6) is 0.986. The molecule has 1 heterocycles. The maximum absolute atomic E-state index is 12.6. The summed E-state index contributed by atoms with van der Waals surface area (Å²) in [5, 5.41) is 0. The molecule has 1 aromatic rings. The number of carbonyl (C=O) groups excluding carboxylic acids is 2. The van der Waals surface area contributed by atoms with Crippen molar-refractivity contribution in [1.82, 2.24) is 4.90 Å². The second-order valence-corrected chi connectivity index (χ2v) is 6.07. The van der Waals surface area contributed by atoms with E-state index in [1.54, 1.807) is 7.11 Å². The van der Waals surface area contributed by atoms with E-state index in [4.69, 9.17) is 4.74 Å². The average Bonchev–Trinajstić information content (AvgIpc) is 3.17. The fourth-order valence-corrected chi connectivity index (χ4v) is 4.12. The second-order valence-electron chi connectivity index (χ2n) is 6.07. The van der Waals surface area contributed by atoms with Crippen LogP contribution in [-0.4, -0.2) is 23.8 Å². The largest absolute Gasteiger partial charge is 0.496 e. The number of rotatable bonds is 3. The zero-order valence-corrected chi connectivity index (χ0v) is 11.9. The summed E-state index contributed by atoms with van der Waals surface area (Å²) in [6, 6.07) is 7.54. The lowest BCUT2D eigenvalue weighted by Gasteiger charge is -2.18. The zero-order chi connectivity index (χ0) is 14.6. The highest BCUT2D eigenvalue weighted by Gasteiger charge is 2.59. The summed E-state index contributed by atoms with van der Waals surface area (Å²) in [6.45, 7) is 0.314. The molecule has 1 aromatic carbocycles. The van der Waals surface area contributed by atoms with Crippen LogP contribution in [0.1, 0.15) is 12.0 Å². The molecule has 21 heavy (non-hydrogen) atoms. The molecule has 4 heteroatoms. The molecule has 1 aliphatic heterocycles. The Bertz CT molecular complexity index is 621. The van der Waals surface area contributed by atoms with Gasteiger partial charge in [-0.2, -0.15) is 0 Å². The third kappa shape index (κ3) is 1.68. The smallest absolute Gasteiger partial charge is 0.234 e. The number of ether oxygens (including phenoxy) is 1. The van der Waals surface area contributed by atoms with Crippen LogP contribution in [0.5, 0.6) is 5.75 Å². The van der Waals surface area contributed by atoms with Gasteiger partial charge in [-0.25, -0.2) is 0 Å². The van der Waals surface area contributed by atoms with Gasteiger partial charge in [0.1, 0.15) is 5.75 Å². The molecule has 4 atom stereocenters. The molecule has 1 saturated heterocycles. The van der Waals surface area contributed by atoms with Crippen molar-refractivity contribution in [1.29, 1.82) is 0 Å². The number of fused-ring (bicyclic) bond motifs is 5. The molecular formula is C17H17NO3. The van der Waals surface area contributed by atoms with Gasteiger partial charge in [-0.3, -0.25) is 14.5 Å². The molecule has 0 unspecified atom stereocenters. The van der Waals surface area contributed by atoms with Crippen LogP contribution in [-0.2, 0) is 16.1 Å². The van der Waals surface area contributed by atoms with Crippen molar-refractivity contribution < 1.29 is 14.3 Å². The minimum atomic E-state index is -0.123. The van der Waals surface area contributed by atoms with E-state index in [9.17, 15) is 9.59 Å². The third-order valence-electron chi connectivity index (χ3n) is 5.08. The fraction of sp³-hybridized carbons (Fsp3) is 0.412. The van der Waals surface area contributed by atoms with Crippen molar-refractivity contribution >= 4 is 11.8 Å². The molecule has 0 aromatic heterocycles. The summed E-state index contributed by atoms with van der Waals surface area (Å²) in [7, 11) is 1.60. The molecular weight excluding hydrogens is 266 g/mol. The minimum Gasteiger partial charge on any atom is -0.496 e. The zero-order valence-electron chi connectivity index (χ0n) is 11.9. The standard InChI is InChI=1S/C17H17NO3/c1-21-13-5-3-2-4-12(13)9-18-16(19)14-10-6-7-11(8-10)15(14)17(18)20/h2-7,10-11,14-15H,8-9H2,1H3/t10-,11-,14-,15+/m0/s1. The number of nitrogens with zero attached hydrogens (tertiary/aromatic N) is 1. The lowest BCUT2D eigenvalue weighted by atomic mass is 9.85. The first-order valence-electron chi connectivity index (χ1n) is 7.36. The molecule has 2 fully saturated rings. The van der Waals surface area contributed by atoms with Crippen LogP contribution in [0, 0.1) is 23.7 Å². The van der Waals surface area contributed by atoms with Crippen molar-refractivity contribution in [2.24, 2.45) is 23.7 Å². The van der Waals surface area contributed by atoms with Crippen LogP contribution in [0.15, 0.2) is 36.4 Å². The highest BCUT2D eigenvalue weighted by atomic mass is 16.5. The first kappa shape index (κ1) is 12.6. The van der Waals surface area contributed by atoms with Gasteiger partial charge in [0.25, 0.3) is 0 Å². The molecule has 2 amide bonds. The molecule has 3 aliphatic rings. The van der Waals surface area contributed by atoms with Gasteiger partial charge >= 0.3 is 0 Å². The maximum atomic E-state index is 12.6. The molecule has 0 N–H and O–H groups in total. The van der Waals surface area contributed by atoms with E-state index in [2.05, 4.69) is 12.2 Å². The molecule has 0 radical (unpaired) electrons. The van der Waals surface area contributed by atoms with Crippen molar-refractivity contribution in [3.8, 4) is 5.75 Å². The highest BCUT2D eigenvalue weighted by molar-refractivity contribution is 6.06. The van der Waals surface area contributed by atoms with Crippen LogP contribution in [0.2, 0.25) is 0 Å². The van der Waals surface area contributed by atoms with E-state index in [0.717, 1.165) is 17.7 Å². The fourth-order valence-electron chi connectivity index (χ4n) is 4.12. The molecule has 4 rings (SSSR count). The van der Waals surface area contributed by atoms with E-state index in [-0.39, 0.29) is 35.5 Å². The minimum absolute atomic E-state index is 0.00671. The topological polar surface area (TPSA) is 46.6 Å². The summed E-state index contributed by atoms with van der Waals surface area (Å²) in [6.07, 6.45) is 5.20. The van der Waals surface area contributed by atoms with Gasteiger partial charge in [0, 0.05) is 5.56 Å². The van der Waals surface area contributed by atoms with Gasteiger partial charge < -0.3 is 4.74 Å². The Morgan fingerprint density at radius 2 is 1.71 bits per heavy atom. The number of carbonyl (C=O) groups is 2. The lowest BCUT2D eigenvalue weighted by Crippen LogP contribution is -2.32. The summed E-state index contributed by atoms with van der Waals surface area (Å²) in [5.41, 5.74) is 0.877. The van der Waals surface area contributed by atoms with Gasteiger partial charge in [0.05, 0.1) is 25.5 Å². The Hall–Kier alpha value is -2.10. The Balaban J connectivity index is 1.63. The number of allylic oxidation sites excluding steroid dienone is 2. The summed E-state index contributed by atoms with van der Waals surface area (Å²) in [4.78, 5) is 26.7. The Morgan fingerprint density at radius 3 is 2.33 bits per heavy atom. The van der Waals surface area contributed by atoms with Crippen molar-refractivity contribution in [3.63, 3.8) is 0 Å². The number of amides is 2. The first-order valence-corrected chi connectivity index (χ1v) is 7.36. The highest BCUT2D eigenvalue weighted by Crippen LogP contribution is 2.52. The average molecular weight is 283 g/mol. The van der Waals surface area contributed by atoms with E-state index < -0.39 is 0 Å². The second kappa shape index (κ2) is 4.45. The Morgan fingerprint density at radius 1 is 1.10 bits per heavy atom. The monoisotopic (exact) mass is 283 g/mol. The predicted octanol–water partition coefficient (Wildman–Crippen LogP) is 2.00. The first-order chi connectivity index (χ1) is 10.2. The molecule has 4 nitrogen and oxygen atoms in total. The van der Waals surface area contributed by atoms with Crippen molar-refractivity contribution in [2.45, 2.75) is 13.0 Å². The quantitative estimate of drug-likeness (QED) is 0.629. The van der Waals surface area contributed by atoms with E-state index in [0.29, 0.717) is 6.54 Å². The van der Waals surface area contributed by atoms with Crippen LogP contribution in [0.3, 0.4) is 0 Å². The number of hydrogen-bond donors (Lipinski definition) is 0. The molecule has 2 bridgehead atoms. The lowest BCUT2D eigenvalue weighted by molar-refractivity contribution is -0.141. The van der Waals surface area contributed by atoms with Crippen LogP contribution in [0.25, 0.3) is 0 Å². The van der Waals surface area contributed by atoms with Gasteiger partial charge in [-0.15, -0.1) is 0 Å². The van der Waals surface area contributed by atoms with Crippen molar-refractivity contribution in [2.75, 3.05) is 7.11 Å². The maximum Gasteiger partial charge on any atom is 0.234 e. The van der Waals surface area contributed by atoms with Crippen LogP contribution < -0.4 is 4.74 Å². The normalized spacial score (nSPS) is 32.9. The van der Waals surface area contributed by atoms with Gasteiger partial charge in [0.15, 0.2) is 0 Å². The van der Waals surface area contributed by atoms with Gasteiger partial charge in [-0.1, -0.05) is 30.4 Å². The van der Waals surface area contributed by atoms with E-state index >= 15 is 0 Å². The number of imide groups is 1. The van der Waals surface area contributed by atoms with Crippen molar-refractivity contribution in [3.05, 3.63) is 42.0 Å². The Kier molecular flexibility index (Phi) is 2.67. The number of para-hydroxylation sites is 1. The Labute approximate surface area is 123 Å². The van der Waals surface area contributed by atoms with E-state index in [1.165, 1.54) is 4.90 Å². The number of methoxy groups -OCH3 is 1. The number of benzene rings is 1. The predicted molar refractivity (Wildman–Crippen MR) is 76.3 cm³/mol. The van der Waals surface area contributed by atoms with Gasteiger partial charge in [0.2, 0.25) is 11.8 Å².